The molecule has 2 heterocycles. The molecule has 0 bridgehead atoms. The maximum absolute atomic E-state index is 12.1. The summed E-state index contributed by atoms with van der Waals surface area (Å²) in [5.74, 6) is -0.645. The molecule has 21 heavy (non-hydrogen) atoms. The Kier molecular flexibility index (Phi) is 3.20. The van der Waals surface area contributed by atoms with E-state index in [-0.39, 0.29) is 11.6 Å². The molecule has 1 aliphatic rings. The van der Waals surface area contributed by atoms with Crippen molar-refractivity contribution in [2.24, 2.45) is 7.05 Å². The Morgan fingerprint density at radius 3 is 2.86 bits per heavy atom. The smallest absolute Gasteiger partial charge is 0.296 e. The molecule has 2 aromatic heterocycles. The number of anilines is 1. The van der Waals surface area contributed by atoms with Gasteiger partial charge >= 0.3 is 0 Å². The first kappa shape index (κ1) is 13.3. The molecule has 1 saturated carbocycles. The molecule has 1 aliphatic carbocycles. The molecular weight excluding hydrogens is 276 g/mol. The summed E-state index contributed by atoms with van der Waals surface area (Å²) in [6, 6.07) is 0. The number of nitrogens with zero attached hydrogens (tertiary/aromatic N) is 3. The number of hydrogen-bond donors (Lipinski definition) is 2. The number of aromatic hydroxyl groups is 1. The SMILES string of the molecule is Cn1c(C2CCC2)nc(C(=O)Nc2cnoc2)c(O)c1=O. The number of aromatic nitrogens is 3. The van der Waals surface area contributed by atoms with E-state index in [1.165, 1.54) is 17.0 Å². The first-order valence-corrected chi connectivity index (χ1v) is 6.58. The van der Waals surface area contributed by atoms with E-state index < -0.39 is 17.2 Å². The quantitative estimate of drug-likeness (QED) is 0.872. The molecule has 0 radical (unpaired) electrons. The van der Waals surface area contributed by atoms with Gasteiger partial charge in [0.05, 0.1) is 6.20 Å². The number of hydrogen-bond acceptors (Lipinski definition) is 6. The zero-order chi connectivity index (χ0) is 15.0. The minimum absolute atomic E-state index is 0.158. The maximum Gasteiger partial charge on any atom is 0.296 e. The summed E-state index contributed by atoms with van der Waals surface area (Å²) in [6.45, 7) is 0. The van der Waals surface area contributed by atoms with E-state index in [2.05, 4.69) is 20.0 Å². The van der Waals surface area contributed by atoms with Gasteiger partial charge in [-0.3, -0.25) is 14.2 Å². The molecule has 3 rings (SSSR count). The lowest BCUT2D eigenvalue weighted by atomic mass is 9.84. The molecule has 0 atom stereocenters. The highest BCUT2D eigenvalue weighted by Crippen LogP contribution is 2.35. The fraction of sp³-hybridized carbons (Fsp3) is 0.385. The molecule has 2 aromatic rings. The lowest BCUT2D eigenvalue weighted by Gasteiger charge is -2.26. The molecule has 1 fully saturated rings. The van der Waals surface area contributed by atoms with Crippen LogP contribution in [0.3, 0.4) is 0 Å². The van der Waals surface area contributed by atoms with Crippen molar-refractivity contribution in [3.8, 4) is 5.75 Å². The molecule has 110 valence electrons. The minimum Gasteiger partial charge on any atom is -0.501 e. The van der Waals surface area contributed by atoms with Crippen molar-refractivity contribution in [1.29, 1.82) is 0 Å². The van der Waals surface area contributed by atoms with Crippen molar-refractivity contribution in [3.05, 3.63) is 34.3 Å². The van der Waals surface area contributed by atoms with Gasteiger partial charge in [0.15, 0.2) is 5.69 Å². The number of rotatable bonds is 3. The first-order chi connectivity index (χ1) is 10.1. The molecule has 2 N–H and O–H groups in total. The van der Waals surface area contributed by atoms with Gasteiger partial charge in [-0.2, -0.15) is 0 Å². The molecule has 0 aromatic carbocycles. The fourth-order valence-corrected chi connectivity index (χ4v) is 2.25. The zero-order valence-corrected chi connectivity index (χ0v) is 11.4. The Bertz CT molecular complexity index is 731. The van der Waals surface area contributed by atoms with Gasteiger partial charge in [0.25, 0.3) is 11.5 Å². The van der Waals surface area contributed by atoms with Gasteiger partial charge in [-0.05, 0) is 12.8 Å². The van der Waals surface area contributed by atoms with Crippen LogP contribution in [0.5, 0.6) is 5.75 Å². The van der Waals surface area contributed by atoms with Crippen molar-refractivity contribution in [2.75, 3.05) is 5.32 Å². The number of carbonyl (C=O) groups excluding carboxylic acids is 1. The topological polar surface area (TPSA) is 110 Å². The summed E-state index contributed by atoms with van der Waals surface area (Å²) in [5, 5.41) is 15.8. The second kappa shape index (κ2) is 5.04. The van der Waals surface area contributed by atoms with Crippen molar-refractivity contribution < 1.29 is 14.4 Å². The van der Waals surface area contributed by atoms with Gasteiger partial charge in [-0.15, -0.1) is 0 Å². The van der Waals surface area contributed by atoms with Gasteiger partial charge < -0.3 is 14.9 Å². The van der Waals surface area contributed by atoms with Crippen molar-refractivity contribution in [3.63, 3.8) is 0 Å². The summed E-state index contributed by atoms with van der Waals surface area (Å²) in [4.78, 5) is 28.3. The number of carbonyl (C=O) groups is 1. The van der Waals surface area contributed by atoms with Crippen molar-refractivity contribution in [2.45, 2.75) is 25.2 Å². The summed E-state index contributed by atoms with van der Waals surface area (Å²) in [5.41, 5.74) is -0.573. The highest BCUT2D eigenvalue weighted by Gasteiger charge is 2.28. The van der Waals surface area contributed by atoms with Crippen LogP contribution in [0.25, 0.3) is 0 Å². The third kappa shape index (κ3) is 2.28. The van der Waals surface area contributed by atoms with Crippen LogP contribution in [0, 0.1) is 0 Å². The lowest BCUT2D eigenvalue weighted by molar-refractivity contribution is 0.101. The Morgan fingerprint density at radius 1 is 1.52 bits per heavy atom. The van der Waals surface area contributed by atoms with Gasteiger partial charge in [0.2, 0.25) is 5.75 Å². The highest BCUT2D eigenvalue weighted by molar-refractivity contribution is 6.04. The van der Waals surface area contributed by atoms with Gasteiger partial charge in [-0.1, -0.05) is 11.6 Å². The van der Waals surface area contributed by atoms with Crippen LogP contribution in [0.1, 0.15) is 41.5 Å². The molecule has 0 aliphatic heterocycles. The van der Waals surface area contributed by atoms with Crippen molar-refractivity contribution in [1.82, 2.24) is 14.7 Å². The third-order valence-electron chi connectivity index (χ3n) is 3.68. The Morgan fingerprint density at radius 2 is 2.29 bits per heavy atom. The van der Waals surface area contributed by atoms with E-state index >= 15 is 0 Å². The minimum atomic E-state index is -0.672. The Balaban J connectivity index is 1.99. The van der Waals surface area contributed by atoms with Crippen LogP contribution in [0.15, 0.2) is 21.8 Å². The normalized spacial score (nSPS) is 14.7. The molecule has 0 unspecified atom stereocenters. The second-order valence-corrected chi connectivity index (χ2v) is 5.03. The Hall–Kier alpha value is -2.64. The first-order valence-electron chi connectivity index (χ1n) is 6.58. The lowest BCUT2D eigenvalue weighted by Crippen LogP contribution is -2.30. The summed E-state index contributed by atoms with van der Waals surface area (Å²) in [6.07, 6.45) is 5.48. The molecule has 0 spiro atoms. The van der Waals surface area contributed by atoms with Gasteiger partial charge in [-0.25, -0.2) is 4.98 Å². The Labute approximate surface area is 119 Å². The average molecular weight is 290 g/mol. The molecule has 8 nitrogen and oxygen atoms in total. The predicted molar refractivity (Wildman–Crippen MR) is 72.2 cm³/mol. The molecule has 1 amide bonds. The van der Waals surface area contributed by atoms with Crippen LogP contribution in [0.4, 0.5) is 5.69 Å². The third-order valence-corrected chi connectivity index (χ3v) is 3.68. The van der Waals surface area contributed by atoms with Crippen LogP contribution in [0.2, 0.25) is 0 Å². The summed E-state index contributed by atoms with van der Waals surface area (Å²) >= 11 is 0. The molecular formula is C13H14N4O4. The van der Waals surface area contributed by atoms with E-state index in [4.69, 9.17) is 0 Å². The number of amides is 1. The maximum atomic E-state index is 12.1. The predicted octanol–water partition coefficient (Wildman–Crippen LogP) is 0.994. The summed E-state index contributed by atoms with van der Waals surface area (Å²) < 4.78 is 5.90. The zero-order valence-electron chi connectivity index (χ0n) is 11.4. The van der Waals surface area contributed by atoms with E-state index in [0.717, 1.165) is 19.3 Å². The fourth-order valence-electron chi connectivity index (χ4n) is 2.25. The monoisotopic (exact) mass is 290 g/mol. The second-order valence-electron chi connectivity index (χ2n) is 5.03. The van der Waals surface area contributed by atoms with Crippen molar-refractivity contribution >= 4 is 11.6 Å². The van der Waals surface area contributed by atoms with Gasteiger partial charge in [0.1, 0.15) is 17.8 Å². The summed E-state index contributed by atoms with van der Waals surface area (Å²) in [7, 11) is 1.55. The van der Waals surface area contributed by atoms with Crippen LogP contribution < -0.4 is 10.9 Å². The van der Waals surface area contributed by atoms with Gasteiger partial charge in [0, 0.05) is 13.0 Å². The average Bonchev–Trinajstić information content (AvgIpc) is 2.90. The van der Waals surface area contributed by atoms with Crippen LogP contribution in [-0.2, 0) is 7.05 Å². The largest absolute Gasteiger partial charge is 0.501 e. The molecule has 8 heteroatoms. The van der Waals surface area contributed by atoms with Crippen LogP contribution in [-0.4, -0.2) is 25.7 Å². The van der Waals surface area contributed by atoms with E-state index in [1.54, 1.807) is 7.05 Å². The standard InChI is InChI=1S/C13H14N4O4/c1-17-11(7-3-2-4-7)16-9(10(18)13(17)20)12(19)15-8-5-14-21-6-8/h5-7,18H,2-4H2,1H3,(H,15,19). The van der Waals surface area contributed by atoms with Crippen LogP contribution >= 0.6 is 0 Å². The van der Waals surface area contributed by atoms with E-state index in [9.17, 15) is 14.7 Å². The highest BCUT2D eigenvalue weighted by atomic mass is 16.5. The van der Waals surface area contributed by atoms with E-state index in [0.29, 0.717) is 11.5 Å². The number of nitrogens with one attached hydrogen (secondary N) is 1. The van der Waals surface area contributed by atoms with E-state index in [1.807, 2.05) is 0 Å². The molecule has 0 saturated heterocycles.